The zero-order chi connectivity index (χ0) is 8.27. The van der Waals surface area contributed by atoms with Crippen molar-refractivity contribution in [3.05, 3.63) is 5.01 Å². The van der Waals surface area contributed by atoms with Gasteiger partial charge in [-0.1, -0.05) is 11.3 Å². The zero-order valence-electron chi connectivity index (χ0n) is 6.57. The van der Waals surface area contributed by atoms with Crippen molar-refractivity contribution in [1.29, 1.82) is 0 Å². The van der Waals surface area contributed by atoms with Gasteiger partial charge in [0.15, 0.2) is 0 Å². The van der Waals surface area contributed by atoms with Gasteiger partial charge in [-0.2, -0.15) is 0 Å². The Morgan fingerprint density at radius 2 is 2.27 bits per heavy atom. The maximum absolute atomic E-state index is 5.37. The maximum atomic E-state index is 5.37. The molecule has 0 radical (unpaired) electrons. The molecule has 1 aromatic heterocycles. The van der Waals surface area contributed by atoms with Gasteiger partial charge >= 0.3 is 0 Å². The van der Waals surface area contributed by atoms with Gasteiger partial charge in [0.25, 0.3) is 0 Å². The first kappa shape index (κ1) is 8.42. The molecule has 0 aliphatic heterocycles. The number of hydrogen-bond acceptors (Lipinski definition) is 5. The molecule has 0 amide bonds. The Labute approximate surface area is 69.4 Å². The lowest BCUT2D eigenvalue weighted by molar-refractivity contribution is 0.0652. The molecule has 5 heteroatoms. The predicted octanol–water partition coefficient (Wildman–Crippen LogP) is 1.05. The minimum Gasteiger partial charge on any atom is -0.374 e. The van der Waals surface area contributed by atoms with Gasteiger partial charge in [0.1, 0.15) is 11.6 Å². The van der Waals surface area contributed by atoms with E-state index in [1.54, 1.807) is 0 Å². The monoisotopic (exact) mass is 173 g/mol. The molecule has 0 saturated heterocycles. The fraction of sp³-hybridized carbons (Fsp3) is 0.667. The molecular formula is C6H11N3OS. The fourth-order valence-corrected chi connectivity index (χ4v) is 1.09. The Hall–Kier alpha value is -0.680. The first-order chi connectivity index (χ1) is 5.18. The summed E-state index contributed by atoms with van der Waals surface area (Å²) in [5.74, 6) is 0. The van der Waals surface area contributed by atoms with E-state index in [1.807, 2.05) is 13.8 Å². The van der Waals surface area contributed by atoms with Crippen LogP contribution < -0.4 is 5.73 Å². The van der Waals surface area contributed by atoms with Crippen LogP contribution in [-0.2, 0) is 11.3 Å². The van der Waals surface area contributed by atoms with E-state index in [4.69, 9.17) is 10.5 Å². The average molecular weight is 173 g/mol. The van der Waals surface area contributed by atoms with Crippen LogP contribution in [0.25, 0.3) is 0 Å². The van der Waals surface area contributed by atoms with Crippen molar-refractivity contribution in [2.24, 2.45) is 0 Å². The first-order valence-electron chi connectivity index (χ1n) is 3.38. The van der Waals surface area contributed by atoms with Crippen molar-refractivity contribution in [1.82, 2.24) is 10.2 Å². The topological polar surface area (TPSA) is 61.0 Å². The number of ether oxygens (including phenoxy) is 1. The number of anilines is 1. The predicted molar refractivity (Wildman–Crippen MR) is 44.2 cm³/mol. The summed E-state index contributed by atoms with van der Waals surface area (Å²) in [4.78, 5) is 0. The molecule has 4 nitrogen and oxygen atoms in total. The van der Waals surface area contributed by atoms with Gasteiger partial charge in [-0.15, -0.1) is 10.2 Å². The van der Waals surface area contributed by atoms with Gasteiger partial charge in [-0.05, 0) is 13.8 Å². The molecule has 0 aromatic carbocycles. The van der Waals surface area contributed by atoms with Crippen LogP contribution in [0.4, 0.5) is 5.13 Å². The quantitative estimate of drug-likeness (QED) is 0.742. The van der Waals surface area contributed by atoms with Crippen LogP contribution in [0.15, 0.2) is 0 Å². The molecule has 0 unspecified atom stereocenters. The van der Waals surface area contributed by atoms with Gasteiger partial charge in [0, 0.05) is 0 Å². The normalized spacial score (nSPS) is 10.8. The maximum Gasteiger partial charge on any atom is 0.203 e. The van der Waals surface area contributed by atoms with Gasteiger partial charge in [-0.25, -0.2) is 0 Å². The van der Waals surface area contributed by atoms with E-state index in [0.717, 1.165) is 5.01 Å². The molecule has 0 aliphatic rings. The van der Waals surface area contributed by atoms with Crippen LogP contribution in [-0.4, -0.2) is 16.3 Å². The molecule has 0 bridgehead atoms. The Bertz CT molecular complexity index is 223. The van der Waals surface area contributed by atoms with Crippen LogP contribution in [0.5, 0.6) is 0 Å². The second-order valence-corrected chi connectivity index (χ2v) is 3.49. The van der Waals surface area contributed by atoms with E-state index in [2.05, 4.69) is 10.2 Å². The van der Waals surface area contributed by atoms with Gasteiger partial charge in [0.2, 0.25) is 5.13 Å². The highest BCUT2D eigenvalue weighted by Crippen LogP contribution is 2.12. The number of nitrogens with two attached hydrogens (primary N) is 1. The third kappa shape index (κ3) is 2.81. The standard InChI is InChI=1S/C6H11N3OS/c1-4(2)10-3-5-8-9-6(7)11-5/h4H,3H2,1-2H3,(H2,7,9). The number of aromatic nitrogens is 2. The minimum absolute atomic E-state index is 0.222. The van der Waals surface area contributed by atoms with Gasteiger partial charge in [0.05, 0.1) is 6.10 Å². The van der Waals surface area contributed by atoms with Crippen molar-refractivity contribution < 1.29 is 4.74 Å². The van der Waals surface area contributed by atoms with Crippen molar-refractivity contribution in [3.63, 3.8) is 0 Å². The SMILES string of the molecule is CC(C)OCc1nnc(N)s1. The molecular weight excluding hydrogens is 162 g/mol. The molecule has 1 heterocycles. The molecule has 0 saturated carbocycles. The summed E-state index contributed by atoms with van der Waals surface area (Å²) in [6, 6.07) is 0. The summed E-state index contributed by atoms with van der Waals surface area (Å²) in [6.07, 6.45) is 0.222. The van der Waals surface area contributed by atoms with E-state index in [-0.39, 0.29) is 6.10 Å². The summed E-state index contributed by atoms with van der Waals surface area (Å²) in [5.41, 5.74) is 5.37. The second kappa shape index (κ2) is 3.64. The van der Waals surface area contributed by atoms with Crippen LogP contribution in [0.3, 0.4) is 0 Å². The summed E-state index contributed by atoms with van der Waals surface area (Å²) in [5, 5.41) is 8.79. The second-order valence-electron chi connectivity index (χ2n) is 2.39. The molecule has 62 valence electrons. The van der Waals surface area contributed by atoms with Crippen molar-refractivity contribution in [2.75, 3.05) is 5.73 Å². The largest absolute Gasteiger partial charge is 0.374 e. The fourth-order valence-electron chi connectivity index (χ4n) is 0.563. The van der Waals surface area contributed by atoms with Gasteiger partial charge in [-0.3, -0.25) is 0 Å². The third-order valence-electron chi connectivity index (χ3n) is 1.02. The summed E-state index contributed by atoms with van der Waals surface area (Å²) >= 11 is 1.36. The van der Waals surface area contributed by atoms with Crippen molar-refractivity contribution in [3.8, 4) is 0 Å². The van der Waals surface area contributed by atoms with Crippen molar-refractivity contribution >= 4 is 16.5 Å². The molecule has 0 spiro atoms. The third-order valence-corrected chi connectivity index (χ3v) is 1.75. The van der Waals surface area contributed by atoms with Gasteiger partial charge < -0.3 is 10.5 Å². The molecule has 0 aliphatic carbocycles. The van der Waals surface area contributed by atoms with E-state index < -0.39 is 0 Å². The Balaban J connectivity index is 2.39. The molecule has 11 heavy (non-hydrogen) atoms. The van der Waals surface area contributed by atoms with Crippen LogP contribution in [0.2, 0.25) is 0 Å². The number of nitrogen functional groups attached to an aromatic ring is 1. The number of hydrogen-bond donors (Lipinski definition) is 1. The number of nitrogens with zero attached hydrogens (tertiary/aromatic N) is 2. The van der Waals surface area contributed by atoms with E-state index >= 15 is 0 Å². The molecule has 1 aromatic rings. The van der Waals surface area contributed by atoms with Crippen LogP contribution in [0.1, 0.15) is 18.9 Å². The lowest BCUT2D eigenvalue weighted by Gasteiger charge is -2.02. The Morgan fingerprint density at radius 1 is 1.55 bits per heavy atom. The lowest BCUT2D eigenvalue weighted by Crippen LogP contribution is -2.01. The lowest BCUT2D eigenvalue weighted by atomic mass is 10.5. The summed E-state index contributed by atoms with van der Waals surface area (Å²) in [6.45, 7) is 4.46. The minimum atomic E-state index is 0.222. The molecule has 1 rings (SSSR count). The zero-order valence-corrected chi connectivity index (χ0v) is 7.39. The average Bonchev–Trinajstić information content (AvgIpc) is 2.31. The van der Waals surface area contributed by atoms with Crippen molar-refractivity contribution in [2.45, 2.75) is 26.6 Å². The highest BCUT2D eigenvalue weighted by atomic mass is 32.1. The van der Waals surface area contributed by atoms with E-state index in [1.165, 1.54) is 11.3 Å². The Morgan fingerprint density at radius 3 is 2.73 bits per heavy atom. The molecule has 2 N–H and O–H groups in total. The summed E-state index contributed by atoms with van der Waals surface area (Å²) in [7, 11) is 0. The first-order valence-corrected chi connectivity index (χ1v) is 4.19. The smallest absolute Gasteiger partial charge is 0.203 e. The Kier molecular flexibility index (Phi) is 2.78. The van der Waals surface area contributed by atoms with Crippen LogP contribution >= 0.6 is 11.3 Å². The summed E-state index contributed by atoms with van der Waals surface area (Å²) < 4.78 is 5.29. The highest BCUT2D eigenvalue weighted by Gasteiger charge is 2.01. The molecule has 0 fully saturated rings. The van der Waals surface area contributed by atoms with Crippen LogP contribution in [0, 0.1) is 0 Å². The molecule has 0 atom stereocenters. The number of rotatable bonds is 3. The van der Waals surface area contributed by atoms with E-state index in [0.29, 0.717) is 11.7 Å². The van der Waals surface area contributed by atoms with E-state index in [9.17, 15) is 0 Å². The highest BCUT2D eigenvalue weighted by molar-refractivity contribution is 7.15.